The molecule has 0 aromatic carbocycles. The van der Waals surface area contributed by atoms with Crippen molar-refractivity contribution in [2.75, 3.05) is 0 Å². The van der Waals surface area contributed by atoms with Crippen LogP contribution in [0.3, 0.4) is 0 Å². The lowest BCUT2D eigenvalue weighted by Gasteiger charge is -2.05. The van der Waals surface area contributed by atoms with Gasteiger partial charge in [0.1, 0.15) is 5.82 Å². The Morgan fingerprint density at radius 2 is 2.44 bits per heavy atom. The summed E-state index contributed by atoms with van der Waals surface area (Å²) >= 11 is 1.66. The number of nitrogens with two attached hydrogens (primary N) is 1. The fourth-order valence-corrected chi connectivity index (χ4v) is 2.47. The topological polar surface area (TPSA) is 60.9 Å². The predicted molar refractivity (Wildman–Crippen MR) is 64.1 cm³/mol. The smallest absolute Gasteiger partial charge is 0.219 e. The molecular weight excluding hydrogens is 222 g/mol. The van der Waals surface area contributed by atoms with Gasteiger partial charge in [0, 0.05) is 25.4 Å². The Morgan fingerprint density at radius 3 is 3.06 bits per heavy atom. The lowest BCUT2D eigenvalue weighted by Crippen LogP contribution is -2.14. The molecule has 0 radical (unpaired) electrons. The molecular formula is C11H13N3OS. The van der Waals surface area contributed by atoms with Gasteiger partial charge in [-0.05, 0) is 23.9 Å². The van der Waals surface area contributed by atoms with Crippen molar-refractivity contribution >= 4 is 17.2 Å². The largest absolute Gasteiger partial charge is 0.370 e. The van der Waals surface area contributed by atoms with Gasteiger partial charge in [-0.15, -0.1) is 11.3 Å². The van der Waals surface area contributed by atoms with E-state index in [2.05, 4.69) is 18.0 Å². The molecule has 0 unspecified atom stereocenters. The van der Waals surface area contributed by atoms with Crippen molar-refractivity contribution in [3.8, 4) is 10.7 Å². The number of hydrogen-bond acceptors (Lipinski definition) is 3. The molecule has 0 atom stereocenters. The summed E-state index contributed by atoms with van der Waals surface area (Å²) in [7, 11) is 0. The minimum Gasteiger partial charge on any atom is -0.370 e. The van der Waals surface area contributed by atoms with Crippen molar-refractivity contribution in [2.24, 2.45) is 5.73 Å². The predicted octanol–water partition coefficient (Wildman–Crippen LogP) is 1.80. The van der Waals surface area contributed by atoms with Crippen molar-refractivity contribution < 1.29 is 4.79 Å². The minimum atomic E-state index is -0.289. The average Bonchev–Trinajstić information content (AvgIpc) is 2.82. The number of aromatic nitrogens is 2. The highest BCUT2D eigenvalue weighted by atomic mass is 32.1. The molecule has 16 heavy (non-hydrogen) atoms. The van der Waals surface area contributed by atoms with Gasteiger partial charge in [-0.25, -0.2) is 4.98 Å². The Kier molecular flexibility index (Phi) is 3.05. The van der Waals surface area contributed by atoms with Crippen molar-refractivity contribution in [2.45, 2.75) is 19.9 Å². The summed E-state index contributed by atoms with van der Waals surface area (Å²) in [5.41, 5.74) is 6.34. The highest BCUT2D eigenvalue weighted by molar-refractivity contribution is 7.13. The molecule has 1 amide bonds. The molecule has 0 spiro atoms. The van der Waals surface area contributed by atoms with Crippen molar-refractivity contribution in [1.82, 2.24) is 9.55 Å². The molecule has 4 nitrogen and oxygen atoms in total. The molecule has 2 N–H and O–H groups in total. The molecule has 0 saturated carbocycles. The van der Waals surface area contributed by atoms with Crippen LogP contribution in [0, 0.1) is 6.92 Å². The lowest BCUT2D eigenvalue weighted by molar-refractivity contribution is -0.118. The first kappa shape index (κ1) is 10.9. The molecule has 5 heteroatoms. The van der Waals surface area contributed by atoms with E-state index < -0.39 is 0 Å². The molecule has 0 aliphatic rings. The van der Waals surface area contributed by atoms with Gasteiger partial charge in [0.05, 0.1) is 4.88 Å². The summed E-state index contributed by atoms with van der Waals surface area (Å²) in [4.78, 5) is 16.2. The van der Waals surface area contributed by atoms with E-state index in [0.29, 0.717) is 13.0 Å². The van der Waals surface area contributed by atoms with Gasteiger partial charge in [0.15, 0.2) is 0 Å². The zero-order chi connectivity index (χ0) is 11.5. The van der Waals surface area contributed by atoms with Gasteiger partial charge < -0.3 is 10.3 Å². The Morgan fingerprint density at radius 1 is 1.62 bits per heavy atom. The number of nitrogens with zero attached hydrogens (tertiary/aromatic N) is 2. The molecule has 84 valence electrons. The van der Waals surface area contributed by atoms with Crippen LogP contribution in [0.15, 0.2) is 23.8 Å². The van der Waals surface area contributed by atoms with E-state index >= 15 is 0 Å². The van der Waals surface area contributed by atoms with Crippen molar-refractivity contribution in [1.29, 1.82) is 0 Å². The average molecular weight is 235 g/mol. The van der Waals surface area contributed by atoms with E-state index in [1.807, 2.05) is 16.1 Å². The van der Waals surface area contributed by atoms with Crippen LogP contribution in [0.4, 0.5) is 0 Å². The van der Waals surface area contributed by atoms with Crippen LogP contribution in [0.1, 0.15) is 12.0 Å². The summed E-state index contributed by atoms with van der Waals surface area (Å²) < 4.78 is 1.96. The van der Waals surface area contributed by atoms with Crippen molar-refractivity contribution in [3.63, 3.8) is 0 Å². The van der Waals surface area contributed by atoms with Crippen LogP contribution < -0.4 is 5.73 Å². The Balaban J connectivity index is 2.26. The number of carbonyl (C=O) groups excluding carboxylic acids is 1. The maximum atomic E-state index is 10.8. The second-order valence-electron chi connectivity index (χ2n) is 3.59. The summed E-state index contributed by atoms with van der Waals surface area (Å²) in [6.07, 6.45) is 3.96. The first-order valence-corrected chi connectivity index (χ1v) is 5.90. The number of primary amides is 1. The summed E-state index contributed by atoms with van der Waals surface area (Å²) in [5.74, 6) is 0.622. The number of aryl methyl sites for hydroxylation is 2. The number of rotatable bonds is 4. The van der Waals surface area contributed by atoms with E-state index in [-0.39, 0.29) is 5.91 Å². The number of imidazole rings is 1. The van der Waals surface area contributed by atoms with Crippen molar-refractivity contribution in [3.05, 3.63) is 29.4 Å². The second-order valence-corrected chi connectivity index (χ2v) is 4.51. The van der Waals surface area contributed by atoms with Gasteiger partial charge in [0.25, 0.3) is 0 Å². The fourth-order valence-electron chi connectivity index (χ4n) is 1.53. The molecule has 0 saturated heterocycles. The molecule has 2 rings (SSSR count). The molecule has 2 aromatic heterocycles. The highest BCUT2D eigenvalue weighted by Gasteiger charge is 2.10. The van der Waals surface area contributed by atoms with Gasteiger partial charge in [-0.3, -0.25) is 4.79 Å². The monoisotopic (exact) mass is 235 g/mol. The van der Waals surface area contributed by atoms with E-state index in [9.17, 15) is 4.79 Å². The third kappa shape index (κ3) is 2.14. The maximum Gasteiger partial charge on any atom is 0.219 e. The van der Waals surface area contributed by atoms with Crippen LogP contribution in [-0.4, -0.2) is 15.5 Å². The number of carbonyl (C=O) groups is 1. The molecule has 2 heterocycles. The lowest BCUT2D eigenvalue weighted by atomic mass is 10.3. The van der Waals surface area contributed by atoms with E-state index in [1.54, 1.807) is 17.5 Å². The first-order chi connectivity index (χ1) is 7.68. The number of hydrogen-bond donors (Lipinski definition) is 1. The Bertz CT molecular complexity index is 501. The Labute approximate surface area is 97.7 Å². The summed E-state index contributed by atoms with van der Waals surface area (Å²) in [6, 6.07) is 2.06. The highest BCUT2D eigenvalue weighted by Crippen LogP contribution is 2.27. The number of thiophene rings is 1. The van der Waals surface area contributed by atoms with E-state index in [4.69, 9.17) is 5.73 Å². The van der Waals surface area contributed by atoms with Crippen LogP contribution in [0.25, 0.3) is 10.7 Å². The molecule has 0 bridgehead atoms. The first-order valence-electron chi connectivity index (χ1n) is 5.02. The van der Waals surface area contributed by atoms with Gasteiger partial charge >= 0.3 is 0 Å². The zero-order valence-electron chi connectivity index (χ0n) is 9.01. The van der Waals surface area contributed by atoms with Gasteiger partial charge in [-0.2, -0.15) is 0 Å². The van der Waals surface area contributed by atoms with Gasteiger partial charge in [-0.1, -0.05) is 0 Å². The SMILES string of the molecule is Cc1ccsc1-c1nccn1CCC(N)=O. The third-order valence-corrected chi connectivity index (χ3v) is 3.39. The molecule has 0 aliphatic heterocycles. The standard InChI is InChI=1S/C11H13N3OS/c1-8-3-7-16-10(8)11-13-4-6-14(11)5-2-9(12)15/h3-4,6-7H,2,5H2,1H3,(H2,12,15). The van der Waals surface area contributed by atoms with Crippen LogP contribution >= 0.6 is 11.3 Å². The van der Waals surface area contributed by atoms with Gasteiger partial charge in [0.2, 0.25) is 5.91 Å². The van der Waals surface area contributed by atoms with Crippen LogP contribution in [-0.2, 0) is 11.3 Å². The van der Waals surface area contributed by atoms with E-state index in [0.717, 1.165) is 10.7 Å². The zero-order valence-corrected chi connectivity index (χ0v) is 9.83. The molecule has 2 aromatic rings. The molecule has 0 aliphatic carbocycles. The number of amides is 1. The fraction of sp³-hybridized carbons (Fsp3) is 0.273. The summed E-state index contributed by atoms with van der Waals surface area (Å²) in [6.45, 7) is 2.64. The second kappa shape index (κ2) is 4.49. The Hall–Kier alpha value is -1.62. The molecule has 0 fully saturated rings. The third-order valence-electron chi connectivity index (χ3n) is 2.38. The van der Waals surface area contributed by atoms with Crippen LogP contribution in [0.5, 0.6) is 0 Å². The maximum absolute atomic E-state index is 10.8. The van der Waals surface area contributed by atoms with Crippen LogP contribution in [0.2, 0.25) is 0 Å². The minimum absolute atomic E-state index is 0.289. The summed E-state index contributed by atoms with van der Waals surface area (Å²) in [5, 5.41) is 2.04. The quantitative estimate of drug-likeness (QED) is 0.878. The normalized spacial score (nSPS) is 10.6. The van der Waals surface area contributed by atoms with E-state index in [1.165, 1.54) is 5.56 Å².